The molecule has 4 rings (SSSR count). The number of carbonyl (C=O) groups excluding carboxylic acids is 1. The molecule has 0 unspecified atom stereocenters. The number of aromatic amines is 1. The number of esters is 1. The molecule has 0 amide bonds. The molecule has 4 aromatic rings. The van der Waals surface area contributed by atoms with Crippen molar-refractivity contribution in [1.29, 1.82) is 5.26 Å². The molecular weight excluding hydrogens is 386 g/mol. The van der Waals surface area contributed by atoms with E-state index in [1.165, 1.54) is 7.11 Å². The smallest absolute Gasteiger partial charge is 0.306 e. The Kier molecular flexibility index (Phi) is 5.23. The number of benzene rings is 1. The van der Waals surface area contributed by atoms with Crippen LogP contribution in [0, 0.1) is 18.3 Å². The first-order valence-electron chi connectivity index (χ1n) is 9.12. The van der Waals surface area contributed by atoms with Gasteiger partial charge in [0.15, 0.2) is 5.65 Å². The fraction of sp³-hybridized carbons (Fsp3) is 0.238. The van der Waals surface area contributed by atoms with E-state index in [9.17, 15) is 4.79 Å². The molecule has 3 heterocycles. The number of thioether (sulfide) groups is 1. The van der Waals surface area contributed by atoms with Crippen molar-refractivity contribution < 1.29 is 9.53 Å². The van der Waals surface area contributed by atoms with E-state index in [0.717, 1.165) is 32.3 Å². The van der Waals surface area contributed by atoms with E-state index in [0.29, 0.717) is 30.1 Å². The van der Waals surface area contributed by atoms with E-state index in [1.807, 2.05) is 29.2 Å². The summed E-state index contributed by atoms with van der Waals surface area (Å²) in [5, 5.41) is 15.6. The van der Waals surface area contributed by atoms with Crippen LogP contribution in [0.4, 0.5) is 0 Å². The third-order valence-electron chi connectivity index (χ3n) is 4.75. The van der Waals surface area contributed by atoms with Gasteiger partial charge in [0.1, 0.15) is 11.8 Å². The summed E-state index contributed by atoms with van der Waals surface area (Å²) < 4.78 is 6.59. The number of aromatic nitrogens is 4. The van der Waals surface area contributed by atoms with Crippen LogP contribution in [0.25, 0.3) is 21.9 Å². The summed E-state index contributed by atoms with van der Waals surface area (Å²) in [6, 6.07) is 9.81. The number of fused-ring (bicyclic) bond motifs is 2. The Morgan fingerprint density at radius 3 is 3.03 bits per heavy atom. The lowest BCUT2D eigenvalue weighted by molar-refractivity contribution is -0.140. The molecule has 8 heteroatoms. The zero-order valence-electron chi connectivity index (χ0n) is 16.1. The van der Waals surface area contributed by atoms with Gasteiger partial charge in [-0.2, -0.15) is 10.4 Å². The molecule has 146 valence electrons. The highest BCUT2D eigenvalue weighted by Gasteiger charge is 2.14. The Hall–Kier alpha value is -3.31. The van der Waals surface area contributed by atoms with E-state index in [4.69, 9.17) is 10.00 Å². The van der Waals surface area contributed by atoms with Gasteiger partial charge in [0.2, 0.25) is 0 Å². The Balaban J connectivity index is 1.70. The highest BCUT2D eigenvalue weighted by Crippen LogP contribution is 2.33. The van der Waals surface area contributed by atoms with Gasteiger partial charge in [-0.1, -0.05) is 0 Å². The standard InChI is InChI=1S/C21H19N5O2S/c1-13-9-18(29-8-6-19(27)28-2)17(16-5-7-23-20(13)16)12-26-11-14-3-4-15(10-22)24-21(14)25-26/h3-5,7,9,11,23H,6,8,12H2,1-2H3. The van der Waals surface area contributed by atoms with Crippen LogP contribution in [0.15, 0.2) is 41.6 Å². The predicted octanol–water partition coefficient (Wildman–Crippen LogP) is 3.80. The van der Waals surface area contributed by atoms with Crippen LogP contribution in [0.5, 0.6) is 0 Å². The second-order valence-electron chi connectivity index (χ2n) is 6.66. The average molecular weight is 405 g/mol. The number of nitrogens with one attached hydrogen (secondary N) is 1. The van der Waals surface area contributed by atoms with Gasteiger partial charge in [-0.3, -0.25) is 9.48 Å². The predicted molar refractivity (Wildman–Crippen MR) is 112 cm³/mol. The van der Waals surface area contributed by atoms with Crippen LogP contribution < -0.4 is 0 Å². The van der Waals surface area contributed by atoms with E-state index >= 15 is 0 Å². The van der Waals surface area contributed by atoms with Crippen molar-refractivity contribution in [3.05, 3.63) is 53.5 Å². The second-order valence-corrected chi connectivity index (χ2v) is 7.80. The van der Waals surface area contributed by atoms with Crippen LogP contribution in [-0.2, 0) is 16.1 Å². The maximum absolute atomic E-state index is 11.5. The summed E-state index contributed by atoms with van der Waals surface area (Å²) in [6.45, 7) is 2.63. The number of nitriles is 1. The van der Waals surface area contributed by atoms with Gasteiger partial charge in [0.25, 0.3) is 0 Å². The van der Waals surface area contributed by atoms with Crippen molar-refractivity contribution in [3.8, 4) is 6.07 Å². The molecule has 0 saturated carbocycles. The third kappa shape index (κ3) is 3.82. The fourth-order valence-corrected chi connectivity index (χ4v) is 4.43. The van der Waals surface area contributed by atoms with Gasteiger partial charge in [-0.15, -0.1) is 11.8 Å². The molecule has 3 aromatic heterocycles. The van der Waals surface area contributed by atoms with Crippen molar-refractivity contribution in [2.24, 2.45) is 0 Å². The van der Waals surface area contributed by atoms with Crippen molar-refractivity contribution in [2.45, 2.75) is 24.8 Å². The van der Waals surface area contributed by atoms with Crippen LogP contribution in [0.3, 0.4) is 0 Å². The topological polar surface area (TPSA) is 96.6 Å². The normalized spacial score (nSPS) is 11.1. The van der Waals surface area contributed by atoms with Gasteiger partial charge in [-0.05, 0) is 42.3 Å². The van der Waals surface area contributed by atoms with Crippen molar-refractivity contribution in [2.75, 3.05) is 12.9 Å². The molecule has 7 nitrogen and oxygen atoms in total. The van der Waals surface area contributed by atoms with Crippen molar-refractivity contribution in [1.82, 2.24) is 19.7 Å². The number of carbonyl (C=O) groups is 1. The number of H-pyrrole nitrogens is 1. The number of ether oxygens (including phenoxy) is 1. The quantitative estimate of drug-likeness (QED) is 0.387. The zero-order chi connectivity index (χ0) is 20.4. The summed E-state index contributed by atoms with van der Waals surface area (Å²) in [5.74, 6) is 0.430. The summed E-state index contributed by atoms with van der Waals surface area (Å²) in [7, 11) is 1.41. The molecule has 29 heavy (non-hydrogen) atoms. The SMILES string of the molecule is COC(=O)CCSc1cc(C)c2[nH]ccc2c1Cn1cc2ccc(C#N)nc2n1. The molecule has 0 aliphatic carbocycles. The van der Waals surface area contributed by atoms with E-state index < -0.39 is 0 Å². The first kappa shape index (κ1) is 19.0. The molecule has 0 radical (unpaired) electrons. The highest BCUT2D eigenvalue weighted by atomic mass is 32.2. The molecule has 0 bridgehead atoms. The lowest BCUT2D eigenvalue weighted by Crippen LogP contribution is -2.04. The van der Waals surface area contributed by atoms with E-state index in [2.05, 4.69) is 34.1 Å². The van der Waals surface area contributed by atoms with E-state index in [1.54, 1.807) is 17.8 Å². The van der Waals surface area contributed by atoms with Crippen molar-refractivity contribution in [3.63, 3.8) is 0 Å². The summed E-state index contributed by atoms with van der Waals surface area (Å²) in [5.41, 5.74) is 4.29. The number of methoxy groups -OCH3 is 1. The first-order valence-corrected chi connectivity index (χ1v) is 10.1. The molecular formula is C21H19N5O2S. The minimum atomic E-state index is -0.212. The number of rotatable bonds is 6. The first-order chi connectivity index (χ1) is 14.1. The number of aryl methyl sites for hydroxylation is 1. The molecule has 1 N–H and O–H groups in total. The van der Waals surface area contributed by atoms with Crippen molar-refractivity contribution >= 4 is 39.7 Å². The average Bonchev–Trinajstić information content (AvgIpc) is 3.36. The van der Waals surface area contributed by atoms with Crippen LogP contribution >= 0.6 is 11.8 Å². The maximum Gasteiger partial charge on any atom is 0.306 e. The van der Waals surface area contributed by atoms with Gasteiger partial charge in [0.05, 0.1) is 20.1 Å². The number of hydrogen-bond donors (Lipinski definition) is 1. The lowest BCUT2D eigenvalue weighted by Gasteiger charge is -2.13. The monoisotopic (exact) mass is 405 g/mol. The Morgan fingerprint density at radius 2 is 2.24 bits per heavy atom. The molecule has 0 saturated heterocycles. The van der Waals surface area contributed by atoms with Gasteiger partial charge < -0.3 is 9.72 Å². The molecule has 0 fully saturated rings. The maximum atomic E-state index is 11.5. The van der Waals surface area contributed by atoms with Gasteiger partial charge in [0, 0.05) is 39.3 Å². The molecule has 0 aliphatic rings. The Bertz CT molecular complexity index is 1250. The Labute approximate surface area is 171 Å². The molecule has 0 spiro atoms. The molecule has 0 aliphatic heterocycles. The summed E-state index contributed by atoms with van der Waals surface area (Å²) in [6.07, 6.45) is 4.23. The van der Waals surface area contributed by atoms with Gasteiger partial charge >= 0.3 is 5.97 Å². The fourth-order valence-electron chi connectivity index (χ4n) is 3.33. The Morgan fingerprint density at radius 1 is 1.38 bits per heavy atom. The minimum absolute atomic E-state index is 0.212. The molecule has 1 aromatic carbocycles. The highest BCUT2D eigenvalue weighted by molar-refractivity contribution is 7.99. The number of pyridine rings is 1. The van der Waals surface area contributed by atoms with E-state index in [-0.39, 0.29) is 5.97 Å². The zero-order valence-corrected chi connectivity index (χ0v) is 16.9. The van der Waals surface area contributed by atoms with Crippen LogP contribution in [0.1, 0.15) is 23.2 Å². The molecule has 0 atom stereocenters. The number of hydrogen-bond acceptors (Lipinski definition) is 6. The van der Waals surface area contributed by atoms with Crippen LogP contribution in [0.2, 0.25) is 0 Å². The van der Waals surface area contributed by atoms with Crippen LogP contribution in [-0.4, -0.2) is 38.6 Å². The summed E-state index contributed by atoms with van der Waals surface area (Å²) >= 11 is 1.64. The second kappa shape index (κ2) is 7.97. The lowest BCUT2D eigenvalue weighted by atomic mass is 10.1. The minimum Gasteiger partial charge on any atom is -0.469 e. The van der Waals surface area contributed by atoms with Gasteiger partial charge in [-0.25, -0.2) is 4.98 Å². The largest absolute Gasteiger partial charge is 0.469 e. The number of nitrogens with zero attached hydrogens (tertiary/aromatic N) is 4. The third-order valence-corrected chi connectivity index (χ3v) is 5.84. The summed E-state index contributed by atoms with van der Waals surface area (Å²) in [4.78, 5) is 20.2.